The molecule has 0 aliphatic rings. The Morgan fingerprint density at radius 2 is 2.00 bits per heavy atom. The molecule has 0 aliphatic carbocycles. The van der Waals surface area contributed by atoms with Gasteiger partial charge in [-0.05, 0) is 38.6 Å². The topological polar surface area (TPSA) is 15.3 Å². The van der Waals surface area contributed by atoms with E-state index in [9.17, 15) is 0 Å². The maximum atomic E-state index is 3.51. The van der Waals surface area contributed by atoms with E-state index in [1.165, 1.54) is 20.9 Å². The number of aryl methyl sites for hydroxylation is 2. The van der Waals surface area contributed by atoms with E-state index < -0.39 is 0 Å². The third kappa shape index (κ3) is 5.08. The lowest BCUT2D eigenvalue weighted by molar-refractivity contribution is 0.324. The van der Waals surface area contributed by atoms with Crippen molar-refractivity contribution < 1.29 is 0 Å². The summed E-state index contributed by atoms with van der Waals surface area (Å²) in [5.74, 6) is 0. The standard InChI is InChI=1S/C17H24N2S/c1-14-5-4-6-16(11-14)13-19(3)10-9-18-12-17-8-7-15(2)20-17/h4-8,11,18H,9-10,12-13H2,1-3H3. The van der Waals surface area contributed by atoms with E-state index in [1.807, 2.05) is 11.3 Å². The van der Waals surface area contributed by atoms with Crippen LogP contribution in [0.1, 0.15) is 20.9 Å². The smallest absolute Gasteiger partial charge is 0.0300 e. The molecular formula is C17H24N2S. The van der Waals surface area contributed by atoms with Gasteiger partial charge in [0, 0.05) is 35.9 Å². The van der Waals surface area contributed by atoms with Gasteiger partial charge in [0.25, 0.3) is 0 Å². The molecule has 1 aromatic heterocycles. The number of nitrogens with zero attached hydrogens (tertiary/aromatic N) is 1. The molecule has 0 fully saturated rings. The Balaban J connectivity index is 1.66. The van der Waals surface area contributed by atoms with Crippen LogP contribution >= 0.6 is 11.3 Å². The summed E-state index contributed by atoms with van der Waals surface area (Å²) in [5.41, 5.74) is 2.73. The zero-order chi connectivity index (χ0) is 14.4. The van der Waals surface area contributed by atoms with E-state index >= 15 is 0 Å². The fraction of sp³-hybridized carbons (Fsp3) is 0.412. The number of hydrogen-bond donors (Lipinski definition) is 1. The van der Waals surface area contributed by atoms with Crippen LogP contribution in [-0.2, 0) is 13.1 Å². The van der Waals surface area contributed by atoms with Crippen LogP contribution in [0, 0.1) is 13.8 Å². The molecule has 0 radical (unpaired) electrons. The second kappa shape index (κ2) is 7.58. The summed E-state index contributed by atoms with van der Waals surface area (Å²) >= 11 is 1.87. The van der Waals surface area contributed by atoms with Crippen LogP contribution in [0.5, 0.6) is 0 Å². The Bertz CT molecular complexity index is 533. The van der Waals surface area contributed by atoms with E-state index in [0.717, 1.165) is 26.2 Å². The fourth-order valence-corrected chi connectivity index (χ4v) is 3.12. The first-order valence-corrected chi connectivity index (χ1v) is 7.95. The van der Waals surface area contributed by atoms with Crippen molar-refractivity contribution in [2.45, 2.75) is 26.9 Å². The van der Waals surface area contributed by atoms with Gasteiger partial charge in [0.15, 0.2) is 0 Å². The average Bonchev–Trinajstić information content (AvgIpc) is 2.80. The van der Waals surface area contributed by atoms with Gasteiger partial charge in [0.05, 0.1) is 0 Å². The van der Waals surface area contributed by atoms with Crippen LogP contribution < -0.4 is 5.32 Å². The van der Waals surface area contributed by atoms with Gasteiger partial charge in [-0.25, -0.2) is 0 Å². The lowest BCUT2D eigenvalue weighted by atomic mass is 10.1. The predicted octanol–water partition coefficient (Wildman–Crippen LogP) is 3.59. The van der Waals surface area contributed by atoms with Crippen LogP contribution in [0.25, 0.3) is 0 Å². The SMILES string of the molecule is Cc1cccc(CN(C)CCNCc2ccc(C)s2)c1. The molecule has 2 aromatic rings. The Hall–Kier alpha value is -1.16. The van der Waals surface area contributed by atoms with Crippen LogP contribution in [0.3, 0.4) is 0 Å². The third-order valence-corrected chi connectivity index (χ3v) is 4.30. The zero-order valence-electron chi connectivity index (χ0n) is 12.6. The molecule has 1 aromatic carbocycles. The Labute approximate surface area is 126 Å². The molecule has 20 heavy (non-hydrogen) atoms. The summed E-state index contributed by atoms with van der Waals surface area (Å²) in [5, 5.41) is 3.51. The first-order valence-electron chi connectivity index (χ1n) is 7.13. The molecule has 108 valence electrons. The molecule has 0 atom stereocenters. The van der Waals surface area contributed by atoms with Crippen molar-refractivity contribution in [3.63, 3.8) is 0 Å². The molecule has 0 aliphatic heterocycles. The van der Waals surface area contributed by atoms with Crippen LogP contribution in [0.4, 0.5) is 0 Å². The normalized spacial score (nSPS) is 11.2. The minimum Gasteiger partial charge on any atom is -0.311 e. The molecule has 0 unspecified atom stereocenters. The highest BCUT2D eigenvalue weighted by Crippen LogP contribution is 2.14. The van der Waals surface area contributed by atoms with E-state index in [0.29, 0.717) is 0 Å². The van der Waals surface area contributed by atoms with E-state index in [1.54, 1.807) is 0 Å². The zero-order valence-corrected chi connectivity index (χ0v) is 13.5. The van der Waals surface area contributed by atoms with Crippen LogP contribution in [0.15, 0.2) is 36.4 Å². The number of benzene rings is 1. The minimum atomic E-state index is 0.983. The molecule has 1 heterocycles. The molecule has 2 rings (SSSR count). The molecule has 0 saturated carbocycles. The largest absolute Gasteiger partial charge is 0.311 e. The second-order valence-corrected chi connectivity index (χ2v) is 6.79. The highest BCUT2D eigenvalue weighted by atomic mass is 32.1. The Morgan fingerprint density at radius 1 is 1.15 bits per heavy atom. The van der Waals surface area contributed by atoms with Crippen molar-refractivity contribution >= 4 is 11.3 Å². The summed E-state index contributed by atoms with van der Waals surface area (Å²) in [4.78, 5) is 5.17. The van der Waals surface area contributed by atoms with Gasteiger partial charge >= 0.3 is 0 Å². The minimum absolute atomic E-state index is 0.983. The quantitative estimate of drug-likeness (QED) is 0.783. The fourth-order valence-electron chi connectivity index (χ4n) is 2.26. The average molecular weight is 288 g/mol. The highest BCUT2D eigenvalue weighted by molar-refractivity contribution is 7.11. The van der Waals surface area contributed by atoms with Crippen molar-refractivity contribution in [2.24, 2.45) is 0 Å². The third-order valence-electron chi connectivity index (χ3n) is 3.30. The van der Waals surface area contributed by atoms with Crippen LogP contribution in [0.2, 0.25) is 0 Å². The van der Waals surface area contributed by atoms with Crippen molar-refractivity contribution in [3.05, 3.63) is 57.3 Å². The van der Waals surface area contributed by atoms with Gasteiger partial charge in [0.2, 0.25) is 0 Å². The summed E-state index contributed by atoms with van der Waals surface area (Å²) in [6, 6.07) is 13.1. The van der Waals surface area contributed by atoms with Gasteiger partial charge < -0.3 is 10.2 Å². The molecule has 0 amide bonds. The maximum Gasteiger partial charge on any atom is 0.0300 e. The van der Waals surface area contributed by atoms with Gasteiger partial charge in [-0.3, -0.25) is 0 Å². The molecule has 0 saturated heterocycles. The van der Waals surface area contributed by atoms with Crippen LogP contribution in [-0.4, -0.2) is 25.0 Å². The molecular weight excluding hydrogens is 264 g/mol. The van der Waals surface area contributed by atoms with Gasteiger partial charge in [0.1, 0.15) is 0 Å². The summed E-state index contributed by atoms with van der Waals surface area (Å²) in [7, 11) is 2.18. The Kier molecular flexibility index (Phi) is 5.77. The van der Waals surface area contributed by atoms with Gasteiger partial charge in [-0.1, -0.05) is 29.8 Å². The molecule has 3 heteroatoms. The van der Waals surface area contributed by atoms with Crippen molar-refractivity contribution in [1.82, 2.24) is 10.2 Å². The summed E-state index contributed by atoms with van der Waals surface area (Å²) in [6.45, 7) is 8.40. The van der Waals surface area contributed by atoms with Gasteiger partial charge in [-0.15, -0.1) is 11.3 Å². The highest BCUT2D eigenvalue weighted by Gasteiger charge is 2.01. The molecule has 2 nitrogen and oxygen atoms in total. The van der Waals surface area contributed by atoms with E-state index in [4.69, 9.17) is 0 Å². The number of hydrogen-bond acceptors (Lipinski definition) is 3. The van der Waals surface area contributed by atoms with Gasteiger partial charge in [-0.2, -0.15) is 0 Å². The molecule has 0 spiro atoms. The number of likely N-dealkylation sites (N-methyl/N-ethyl adjacent to an activating group) is 1. The predicted molar refractivity (Wildman–Crippen MR) is 88.3 cm³/mol. The van der Waals surface area contributed by atoms with E-state index in [-0.39, 0.29) is 0 Å². The van der Waals surface area contributed by atoms with Crippen molar-refractivity contribution in [1.29, 1.82) is 0 Å². The maximum absolute atomic E-state index is 3.51. The lowest BCUT2D eigenvalue weighted by Crippen LogP contribution is -2.28. The van der Waals surface area contributed by atoms with Crippen molar-refractivity contribution in [3.8, 4) is 0 Å². The molecule has 1 N–H and O–H groups in total. The van der Waals surface area contributed by atoms with Crippen molar-refractivity contribution in [2.75, 3.05) is 20.1 Å². The molecule has 0 bridgehead atoms. The Morgan fingerprint density at radius 3 is 2.70 bits per heavy atom. The first-order chi connectivity index (χ1) is 9.63. The first kappa shape index (κ1) is 15.2. The number of thiophene rings is 1. The van der Waals surface area contributed by atoms with E-state index in [2.05, 4.69) is 67.5 Å². The monoisotopic (exact) mass is 288 g/mol. The number of rotatable bonds is 7. The number of nitrogens with one attached hydrogen (secondary N) is 1. The second-order valence-electron chi connectivity index (χ2n) is 5.42. The summed E-state index contributed by atoms with van der Waals surface area (Å²) in [6.07, 6.45) is 0. The summed E-state index contributed by atoms with van der Waals surface area (Å²) < 4.78 is 0. The lowest BCUT2D eigenvalue weighted by Gasteiger charge is -2.17.